The molecule has 21 heavy (non-hydrogen) atoms. The van der Waals surface area contributed by atoms with Crippen LogP contribution in [0.25, 0.3) is 0 Å². The van der Waals surface area contributed by atoms with Crippen LogP contribution in [-0.2, 0) is 15.9 Å². The molecule has 1 aromatic rings. The molecule has 0 spiro atoms. The van der Waals surface area contributed by atoms with Crippen LogP contribution in [0.5, 0.6) is 0 Å². The monoisotopic (exact) mass is 393 g/mol. The second-order valence-electron chi connectivity index (χ2n) is 5.69. The second-order valence-corrected chi connectivity index (χ2v) is 8.82. The van der Waals surface area contributed by atoms with Gasteiger partial charge in [0, 0.05) is 23.9 Å². The number of hydrogen-bond acceptors (Lipinski definition) is 2. The van der Waals surface area contributed by atoms with Gasteiger partial charge in [-0.2, -0.15) is 0 Å². The number of sulfonamides is 1. The van der Waals surface area contributed by atoms with E-state index in [4.69, 9.17) is 11.6 Å². The molecule has 0 N–H and O–H groups in total. The number of benzene rings is 1. The summed E-state index contributed by atoms with van der Waals surface area (Å²) < 4.78 is 27.4. The van der Waals surface area contributed by atoms with Crippen molar-refractivity contribution in [3.05, 3.63) is 28.2 Å². The number of hydrogen-bond donors (Lipinski definition) is 0. The lowest BCUT2D eigenvalue weighted by molar-refractivity contribution is 0.300. The van der Waals surface area contributed by atoms with E-state index in [1.807, 2.05) is 0 Å². The summed E-state index contributed by atoms with van der Waals surface area (Å²) in [4.78, 5) is 0.315. The van der Waals surface area contributed by atoms with Gasteiger partial charge in [-0.25, -0.2) is 12.7 Å². The predicted molar refractivity (Wildman–Crippen MR) is 90.1 cm³/mol. The zero-order valence-electron chi connectivity index (χ0n) is 12.2. The third-order valence-corrected chi connectivity index (χ3v) is 7.19. The molecule has 0 atom stereocenters. The van der Waals surface area contributed by atoms with Gasteiger partial charge in [-0.1, -0.05) is 25.3 Å². The van der Waals surface area contributed by atoms with E-state index in [0.29, 0.717) is 27.7 Å². The minimum Gasteiger partial charge on any atom is -0.207 e. The standard InChI is InChI=1S/C15H21BrClNO2S/c1-18(11-12-5-3-2-4-6-12)21(19,20)15-8-7-13(10-17)9-14(15)16/h7-9,12H,2-6,10-11H2,1H3. The van der Waals surface area contributed by atoms with E-state index in [1.165, 1.54) is 23.6 Å². The lowest BCUT2D eigenvalue weighted by Crippen LogP contribution is -2.32. The van der Waals surface area contributed by atoms with Gasteiger partial charge in [0.15, 0.2) is 0 Å². The molecule has 0 aromatic heterocycles. The van der Waals surface area contributed by atoms with Crippen molar-refractivity contribution in [2.45, 2.75) is 42.9 Å². The predicted octanol–water partition coefficient (Wildman–Crippen LogP) is 4.39. The third kappa shape index (κ3) is 4.21. The molecule has 1 aliphatic rings. The molecule has 0 unspecified atom stereocenters. The molecule has 118 valence electrons. The van der Waals surface area contributed by atoms with Gasteiger partial charge in [0.25, 0.3) is 0 Å². The Morgan fingerprint density at radius 1 is 1.29 bits per heavy atom. The smallest absolute Gasteiger partial charge is 0.207 e. The van der Waals surface area contributed by atoms with Crippen molar-refractivity contribution in [2.24, 2.45) is 5.92 Å². The molecule has 0 amide bonds. The summed E-state index contributed by atoms with van der Waals surface area (Å²) in [5, 5.41) is 0. The average molecular weight is 395 g/mol. The summed E-state index contributed by atoms with van der Waals surface area (Å²) in [6.07, 6.45) is 5.97. The van der Waals surface area contributed by atoms with Gasteiger partial charge in [0.2, 0.25) is 10.0 Å². The van der Waals surface area contributed by atoms with Gasteiger partial charge in [-0.15, -0.1) is 11.6 Å². The first-order valence-corrected chi connectivity index (χ1v) is 10.0. The van der Waals surface area contributed by atoms with Crippen molar-refractivity contribution in [3.8, 4) is 0 Å². The van der Waals surface area contributed by atoms with Crippen molar-refractivity contribution >= 4 is 37.6 Å². The molecular formula is C15H21BrClNO2S. The molecule has 1 aromatic carbocycles. The number of nitrogens with zero attached hydrogens (tertiary/aromatic N) is 1. The van der Waals surface area contributed by atoms with E-state index in [-0.39, 0.29) is 0 Å². The van der Waals surface area contributed by atoms with Gasteiger partial charge in [-0.3, -0.25) is 0 Å². The first-order chi connectivity index (χ1) is 9.95. The van der Waals surface area contributed by atoms with Crippen molar-refractivity contribution < 1.29 is 8.42 Å². The minimum atomic E-state index is -3.45. The van der Waals surface area contributed by atoms with Crippen LogP contribution < -0.4 is 0 Å². The Morgan fingerprint density at radius 3 is 2.52 bits per heavy atom. The Labute approximate surface area is 140 Å². The van der Waals surface area contributed by atoms with E-state index in [1.54, 1.807) is 25.2 Å². The van der Waals surface area contributed by atoms with E-state index in [0.717, 1.165) is 18.4 Å². The van der Waals surface area contributed by atoms with Crippen LogP contribution in [0.4, 0.5) is 0 Å². The lowest BCUT2D eigenvalue weighted by atomic mass is 9.89. The maximum absolute atomic E-state index is 12.7. The van der Waals surface area contributed by atoms with Crippen molar-refractivity contribution in [3.63, 3.8) is 0 Å². The topological polar surface area (TPSA) is 37.4 Å². The van der Waals surface area contributed by atoms with Crippen LogP contribution in [0.3, 0.4) is 0 Å². The zero-order valence-corrected chi connectivity index (χ0v) is 15.3. The lowest BCUT2D eigenvalue weighted by Gasteiger charge is -2.27. The van der Waals surface area contributed by atoms with Crippen molar-refractivity contribution in [1.82, 2.24) is 4.31 Å². The Balaban J connectivity index is 2.16. The summed E-state index contributed by atoms with van der Waals surface area (Å²) in [5.41, 5.74) is 0.900. The zero-order chi connectivity index (χ0) is 15.5. The second kappa shape index (κ2) is 7.44. The summed E-state index contributed by atoms with van der Waals surface area (Å²) in [5.74, 6) is 0.857. The average Bonchev–Trinajstić information content (AvgIpc) is 2.47. The normalized spacial score (nSPS) is 17.3. The Morgan fingerprint density at radius 2 is 1.95 bits per heavy atom. The highest BCUT2D eigenvalue weighted by Gasteiger charge is 2.26. The largest absolute Gasteiger partial charge is 0.243 e. The Kier molecular flexibility index (Phi) is 6.12. The fourth-order valence-electron chi connectivity index (χ4n) is 2.84. The number of alkyl halides is 1. The summed E-state index contributed by atoms with van der Waals surface area (Å²) >= 11 is 9.13. The highest BCUT2D eigenvalue weighted by Crippen LogP contribution is 2.29. The molecule has 2 rings (SSSR count). The SMILES string of the molecule is CN(CC1CCCCC1)S(=O)(=O)c1ccc(CCl)cc1Br. The van der Waals surface area contributed by atoms with Crippen LogP contribution in [-0.4, -0.2) is 26.3 Å². The summed E-state index contributed by atoms with van der Waals surface area (Å²) in [6, 6.07) is 5.17. The van der Waals surface area contributed by atoms with Crippen molar-refractivity contribution in [2.75, 3.05) is 13.6 Å². The molecule has 0 aliphatic heterocycles. The van der Waals surface area contributed by atoms with Crippen LogP contribution in [0.15, 0.2) is 27.6 Å². The van der Waals surface area contributed by atoms with Gasteiger partial charge >= 0.3 is 0 Å². The molecule has 6 heteroatoms. The molecular weight excluding hydrogens is 374 g/mol. The maximum atomic E-state index is 12.7. The molecule has 3 nitrogen and oxygen atoms in total. The first-order valence-electron chi connectivity index (χ1n) is 7.26. The molecule has 1 fully saturated rings. The fraction of sp³-hybridized carbons (Fsp3) is 0.600. The van der Waals surface area contributed by atoms with Crippen molar-refractivity contribution in [1.29, 1.82) is 0 Å². The van der Waals surface area contributed by atoms with E-state index in [2.05, 4.69) is 15.9 Å². The van der Waals surface area contributed by atoms with Crippen LogP contribution in [0.2, 0.25) is 0 Å². The maximum Gasteiger partial charge on any atom is 0.243 e. The van der Waals surface area contributed by atoms with E-state index >= 15 is 0 Å². The summed E-state index contributed by atoms with van der Waals surface area (Å²) in [6.45, 7) is 0.603. The Hall–Kier alpha value is -0.100. The molecule has 1 aliphatic carbocycles. The first kappa shape index (κ1) is 17.3. The quantitative estimate of drug-likeness (QED) is 0.695. The van der Waals surface area contributed by atoms with Crippen LogP contribution in [0.1, 0.15) is 37.7 Å². The minimum absolute atomic E-state index is 0.315. The van der Waals surface area contributed by atoms with Gasteiger partial charge < -0.3 is 0 Å². The third-order valence-electron chi connectivity index (χ3n) is 4.08. The van der Waals surface area contributed by atoms with Crippen LogP contribution in [0, 0.1) is 5.92 Å². The number of rotatable bonds is 5. The summed E-state index contributed by atoms with van der Waals surface area (Å²) in [7, 11) is -1.78. The van der Waals surface area contributed by atoms with Gasteiger partial charge in [-0.05, 0) is 52.4 Å². The molecule has 0 radical (unpaired) electrons. The van der Waals surface area contributed by atoms with E-state index < -0.39 is 10.0 Å². The van der Waals surface area contributed by atoms with Crippen LogP contribution >= 0.6 is 27.5 Å². The Bertz CT molecular complexity index is 585. The molecule has 0 saturated heterocycles. The molecule has 1 saturated carbocycles. The van der Waals surface area contributed by atoms with Gasteiger partial charge in [0.05, 0.1) is 4.90 Å². The van der Waals surface area contributed by atoms with Gasteiger partial charge in [0.1, 0.15) is 0 Å². The molecule has 0 bridgehead atoms. The number of halogens is 2. The molecule has 0 heterocycles. The van der Waals surface area contributed by atoms with E-state index in [9.17, 15) is 8.42 Å². The fourth-order valence-corrected chi connectivity index (χ4v) is 5.33. The highest BCUT2D eigenvalue weighted by atomic mass is 79.9. The highest BCUT2D eigenvalue weighted by molar-refractivity contribution is 9.10.